The number of rotatable bonds is 3. The largest absolute Gasteiger partial charge is 0.508 e. The third kappa shape index (κ3) is 2.98. The van der Waals surface area contributed by atoms with E-state index < -0.39 is 5.91 Å². The van der Waals surface area contributed by atoms with Crippen LogP contribution in [-0.2, 0) is 0 Å². The van der Waals surface area contributed by atoms with Crippen LogP contribution in [-0.4, -0.2) is 27.4 Å². The van der Waals surface area contributed by atoms with E-state index in [4.69, 9.17) is 0 Å². The first-order chi connectivity index (χ1) is 11.6. The van der Waals surface area contributed by atoms with Gasteiger partial charge < -0.3 is 15.3 Å². The Morgan fingerprint density at radius 2 is 1.79 bits per heavy atom. The summed E-state index contributed by atoms with van der Waals surface area (Å²) in [6.45, 7) is 0. The minimum atomic E-state index is -0.576. The average Bonchev–Trinajstić information content (AvgIpc) is 2.57. The summed E-state index contributed by atoms with van der Waals surface area (Å²) in [5.74, 6) is -0.933. The van der Waals surface area contributed by atoms with E-state index >= 15 is 0 Å². The molecule has 3 aromatic carbocycles. The zero-order chi connectivity index (χ0) is 17.1. The number of phenols is 3. The molecule has 0 heterocycles. The lowest BCUT2D eigenvalue weighted by atomic mass is 10.1. The number of fused-ring (bicyclic) bond motifs is 1. The molecule has 6 nitrogen and oxygen atoms in total. The van der Waals surface area contributed by atoms with Crippen LogP contribution in [0, 0.1) is 0 Å². The van der Waals surface area contributed by atoms with Crippen LogP contribution >= 0.6 is 0 Å². The number of amides is 1. The van der Waals surface area contributed by atoms with Crippen LogP contribution in [0.3, 0.4) is 0 Å². The van der Waals surface area contributed by atoms with E-state index in [-0.39, 0.29) is 22.8 Å². The molecule has 0 aliphatic carbocycles. The molecule has 3 aromatic rings. The van der Waals surface area contributed by atoms with Gasteiger partial charge in [-0.3, -0.25) is 4.79 Å². The Hall–Kier alpha value is -3.54. The zero-order valence-corrected chi connectivity index (χ0v) is 12.5. The number of phenolic OH excluding ortho intramolecular Hbond substituents is 3. The predicted molar refractivity (Wildman–Crippen MR) is 90.4 cm³/mol. The molecule has 4 N–H and O–H groups in total. The molecule has 0 saturated carbocycles. The van der Waals surface area contributed by atoms with Gasteiger partial charge in [-0.1, -0.05) is 30.3 Å². The molecule has 0 bridgehead atoms. The minimum absolute atomic E-state index is 0.0743. The van der Waals surface area contributed by atoms with Gasteiger partial charge in [-0.2, -0.15) is 5.10 Å². The highest BCUT2D eigenvalue weighted by molar-refractivity contribution is 6.03. The van der Waals surface area contributed by atoms with Crippen molar-refractivity contribution in [3.05, 3.63) is 65.7 Å². The summed E-state index contributed by atoms with van der Waals surface area (Å²) in [5, 5.41) is 34.2. The Balaban J connectivity index is 1.80. The first-order valence-electron chi connectivity index (χ1n) is 7.12. The van der Waals surface area contributed by atoms with Gasteiger partial charge in [0.05, 0.1) is 11.8 Å². The fraction of sp³-hybridized carbons (Fsp3) is 0. The summed E-state index contributed by atoms with van der Waals surface area (Å²) in [6.07, 6.45) is 1.24. The number of aromatic hydroxyl groups is 3. The Morgan fingerprint density at radius 1 is 1.00 bits per heavy atom. The Kier molecular flexibility index (Phi) is 4.03. The molecule has 1 amide bonds. The molecule has 120 valence electrons. The van der Waals surface area contributed by atoms with Gasteiger partial charge in [0.1, 0.15) is 17.2 Å². The average molecular weight is 322 g/mol. The molecule has 0 aliphatic heterocycles. The van der Waals surface area contributed by atoms with Gasteiger partial charge >= 0.3 is 0 Å². The maximum Gasteiger partial charge on any atom is 0.275 e. The van der Waals surface area contributed by atoms with Gasteiger partial charge in [-0.15, -0.1) is 0 Å². The molecular weight excluding hydrogens is 308 g/mol. The van der Waals surface area contributed by atoms with Crippen molar-refractivity contribution in [2.45, 2.75) is 0 Å². The minimum Gasteiger partial charge on any atom is -0.508 e. The van der Waals surface area contributed by atoms with E-state index in [1.165, 1.54) is 30.5 Å². The smallest absolute Gasteiger partial charge is 0.275 e. The topological polar surface area (TPSA) is 102 Å². The molecule has 0 aromatic heterocycles. The number of carbonyl (C=O) groups excluding carboxylic acids is 1. The molecule has 0 fully saturated rings. The Morgan fingerprint density at radius 3 is 2.58 bits per heavy atom. The third-order valence-electron chi connectivity index (χ3n) is 3.53. The molecule has 0 saturated heterocycles. The van der Waals surface area contributed by atoms with Crippen molar-refractivity contribution in [1.29, 1.82) is 0 Å². The maximum atomic E-state index is 12.2. The molecule has 0 spiro atoms. The number of carbonyl (C=O) groups is 1. The van der Waals surface area contributed by atoms with Gasteiger partial charge in [-0.05, 0) is 23.6 Å². The normalized spacial score (nSPS) is 11.0. The van der Waals surface area contributed by atoms with Gasteiger partial charge in [0.15, 0.2) is 0 Å². The molecule has 6 heteroatoms. The van der Waals surface area contributed by atoms with Crippen LogP contribution in [0.2, 0.25) is 0 Å². The standard InChI is InChI=1S/C18H14N2O4/c21-13-7-5-12(16(22)9-13)10-19-20-18(24)15-8-6-11-3-1-2-4-14(11)17(15)23/h1-10,21-23H,(H,20,24)/b19-10+. The SMILES string of the molecule is O=C(N/N=C/c1ccc(O)cc1O)c1ccc2ccccc2c1O. The number of nitrogens with one attached hydrogen (secondary N) is 1. The number of hydrogen-bond acceptors (Lipinski definition) is 5. The van der Waals surface area contributed by atoms with E-state index in [0.717, 1.165) is 5.39 Å². The molecule has 24 heavy (non-hydrogen) atoms. The highest BCUT2D eigenvalue weighted by Crippen LogP contribution is 2.28. The summed E-state index contributed by atoms with van der Waals surface area (Å²) in [4.78, 5) is 12.2. The molecule has 0 atom stereocenters. The van der Waals surface area contributed by atoms with E-state index in [1.807, 2.05) is 12.1 Å². The van der Waals surface area contributed by atoms with Crippen molar-refractivity contribution in [3.63, 3.8) is 0 Å². The van der Waals surface area contributed by atoms with Crippen LogP contribution in [0.25, 0.3) is 10.8 Å². The van der Waals surface area contributed by atoms with E-state index in [1.54, 1.807) is 18.2 Å². The van der Waals surface area contributed by atoms with Crippen LogP contribution in [0.15, 0.2) is 59.7 Å². The van der Waals surface area contributed by atoms with Crippen molar-refractivity contribution in [3.8, 4) is 17.2 Å². The van der Waals surface area contributed by atoms with Crippen molar-refractivity contribution >= 4 is 22.9 Å². The van der Waals surface area contributed by atoms with Crippen molar-refractivity contribution < 1.29 is 20.1 Å². The first kappa shape index (κ1) is 15.4. The van der Waals surface area contributed by atoms with Gasteiger partial charge in [0.2, 0.25) is 0 Å². The summed E-state index contributed by atoms with van der Waals surface area (Å²) in [5.41, 5.74) is 2.72. The summed E-state index contributed by atoms with van der Waals surface area (Å²) >= 11 is 0. The van der Waals surface area contributed by atoms with Crippen molar-refractivity contribution in [2.75, 3.05) is 0 Å². The number of benzene rings is 3. The monoisotopic (exact) mass is 322 g/mol. The molecular formula is C18H14N2O4. The van der Waals surface area contributed by atoms with Crippen molar-refractivity contribution in [2.24, 2.45) is 5.10 Å². The first-order valence-corrected chi connectivity index (χ1v) is 7.12. The van der Waals surface area contributed by atoms with Gasteiger partial charge in [0, 0.05) is 17.0 Å². The summed E-state index contributed by atoms with van der Waals surface area (Å²) in [6, 6.07) is 14.4. The highest BCUT2D eigenvalue weighted by Gasteiger charge is 2.13. The number of hydrazone groups is 1. The quantitative estimate of drug-likeness (QED) is 0.440. The number of nitrogens with zero attached hydrogens (tertiary/aromatic N) is 1. The van der Waals surface area contributed by atoms with Gasteiger partial charge in [-0.25, -0.2) is 5.43 Å². The molecule has 0 unspecified atom stereocenters. The fourth-order valence-corrected chi connectivity index (χ4v) is 2.30. The lowest BCUT2D eigenvalue weighted by Crippen LogP contribution is -2.17. The second-order valence-electron chi connectivity index (χ2n) is 5.13. The Labute approximate surface area is 137 Å². The van der Waals surface area contributed by atoms with E-state index in [0.29, 0.717) is 10.9 Å². The van der Waals surface area contributed by atoms with Crippen LogP contribution in [0.5, 0.6) is 17.2 Å². The van der Waals surface area contributed by atoms with Crippen LogP contribution < -0.4 is 5.43 Å². The number of hydrogen-bond donors (Lipinski definition) is 4. The summed E-state index contributed by atoms with van der Waals surface area (Å²) in [7, 11) is 0. The maximum absolute atomic E-state index is 12.2. The molecule has 3 rings (SSSR count). The lowest BCUT2D eigenvalue weighted by molar-refractivity contribution is 0.0952. The van der Waals surface area contributed by atoms with Crippen LogP contribution in [0.1, 0.15) is 15.9 Å². The van der Waals surface area contributed by atoms with Crippen molar-refractivity contribution in [1.82, 2.24) is 5.43 Å². The fourth-order valence-electron chi connectivity index (χ4n) is 2.30. The highest BCUT2D eigenvalue weighted by atomic mass is 16.3. The second-order valence-corrected chi connectivity index (χ2v) is 5.13. The predicted octanol–water partition coefficient (Wildman–Crippen LogP) is 2.72. The molecule has 0 radical (unpaired) electrons. The Bertz CT molecular complexity index is 951. The summed E-state index contributed by atoms with van der Waals surface area (Å²) < 4.78 is 0. The van der Waals surface area contributed by atoms with E-state index in [9.17, 15) is 20.1 Å². The third-order valence-corrected chi connectivity index (χ3v) is 3.53. The second kappa shape index (κ2) is 6.29. The zero-order valence-electron chi connectivity index (χ0n) is 12.5. The van der Waals surface area contributed by atoms with Gasteiger partial charge in [0.25, 0.3) is 5.91 Å². The van der Waals surface area contributed by atoms with Crippen LogP contribution in [0.4, 0.5) is 0 Å². The van der Waals surface area contributed by atoms with E-state index in [2.05, 4.69) is 10.5 Å². The molecule has 0 aliphatic rings. The lowest BCUT2D eigenvalue weighted by Gasteiger charge is -2.06.